The molecule has 0 unspecified atom stereocenters. The van der Waals surface area contributed by atoms with E-state index in [1.165, 1.54) is 4.90 Å². The summed E-state index contributed by atoms with van der Waals surface area (Å²) in [6, 6.07) is 0.0829. The Kier molecular flexibility index (Phi) is 8.23. The van der Waals surface area contributed by atoms with Crippen molar-refractivity contribution in [1.29, 1.82) is 0 Å². The van der Waals surface area contributed by atoms with Gasteiger partial charge in [0.25, 0.3) is 0 Å². The van der Waals surface area contributed by atoms with Crippen LogP contribution in [0.2, 0.25) is 0 Å². The number of nitrogens with one attached hydrogen (secondary N) is 1. The molecule has 1 saturated heterocycles. The third-order valence-electron chi connectivity index (χ3n) is 6.14. The second kappa shape index (κ2) is 10.2. The number of amides is 3. The number of piperidine rings is 1. The molecule has 7 heteroatoms. The van der Waals surface area contributed by atoms with Crippen LogP contribution in [0, 0.1) is 11.8 Å². The zero-order valence-corrected chi connectivity index (χ0v) is 17.4. The van der Waals surface area contributed by atoms with Crippen molar-refractivity contribution in [2.24, 2.45) is 11.8 Å². The van der Waals surface area contributed by atoms with Gasteiger partial charge in [-0.15, -0.1) is 0 Å². The van der Waals surface area contributed by atoms with E-state index in [0.717, 1.165) is 19.5 Å². The summed E-state index contributed by atoms with van der Waals surface area (Å²) >= 11 is 0. The minimum absolute atomic E-state index is 0.101. The lowest BCUT2D eigenvalue weighted by atomic mass is 9.74. The van der Waals surface area contributed by atoms with Crippen molar-refractivity contribution in [3.63, 3.8) is 0 Å². The maximum absolute atomic E-state index is 13.2. The number of urea groups is 1. The van der Waals surface area contributed by atoms with E-state index in [9.17, 15) is 14.4 Å². The standard InChI is InChI=1S/C20H36N4O3/c1-5-21-20(27)24(11-10-23(6-2)7-3)19(26)16-12-15-13-17(25)8-9-18(15)22(4)14-16/h15-16,18H,5-14H2,1-4H3,(H,21,27)/t15-,16-,18-/m1/s1. The van der Waals surface area contributed by atoms with Crippen LogP contribution in [0.5, 0.6) is 0 Å². The molecule has 0 spiro atoms. The number of likely N-dealkylation sites (tertiary alicyclic amines) is 1. The highest BCUT2D eigenvalue weighted by atomic mass is 16.2. The molecule has 3 amide bonds. The molecule has 154 valence electrons. The van der Waals surface area contributed by atoms with Gasteiger partial charge >= 0.3 is 6.03 Å². The van der Waals surface area contributed by atoms with Crippen LogP contribution < -0.4 is 5.32 Å². The van der Waals surface area contributed by atoms with E-state index in [4.69, 9.17) is 0 Å². The van der Waals surface area contributed by atoms with Crippen LogP contribution in [0.15, 0.2) is 0 Å². The zero-order valence-electron chi connectivity index (χ0n) is 17.4. The number of ketones is 1. The number of likely N-dealkylation sites (N-methyl/N-ethyl adjacent to an activating group) is 1. The summed E-state index contributed by atoms with van der Waals surface area (Å²) in [5.41, 5.74) is 0. The van der Waals surface area contributed by atoms with Crippen LogP contribution in [0.3, 0.4) is 0 Å². The van der Waals surface area contributed by atoms with E-state index in [2.05, 4.69) is 29.0 Å². The van der Waals surface area contributed by atoms with Crippen LogP contribution in [-0.2, 0) is 9.59 Å². The van der Waals surface area contributed by atoms with E-state index in [-0.39, 0.29) is 23.8 Å². The molecule has 2 rings (SSSR count). The van der Waals surface area contributed by atoms with Gasteiger partial charge in [-0.1, -0.05) is 13.8 Å². The van der Waals surface area contributed by atoms with Crippen molar-refractivity contribution in [3.8, 4) is 0 Å². The number of carbonyl (C=O) groups excluding carboxylic acids is 3. The fourth-order valence-electron chi connectivity index (χ4n) is 4.56. The summed E-state index contributed by atoms with van der Waals surface area (Å²) in [6.07, 6.45) is 2.82. The average molecular weight is 381 g/mol. The number of rotatable bonds is 7. The molecule has 27 heavy (non-hydrogen) atoms. The molecule has 7 nitrogen and oxygen atoms in total. The second-order valence-electron chi connectivity index (χ2n) is 7.83. The SMILES string of the molecule is CCNC(=O)N(CCN(CC)CC)C(=O)[C@@H]1C[C@@H]2CC(=O)CC[C@H]2N(C)C1. The quantitative estimate of drug-likeness (QED) is 0.726. The maximum Gasteiger partial charge on any atom is 0.324 e. The normalized spacial score (nSPS) is 26.0. The molecule has 1 saturated carbocycles. The minimum atomic E-state index is -0.306. The van der Waals surface area contributed by atoms with E-state index in [0.29, 0.717) is 57.3 Å². The number of Topliss-reactive ketones (excluding diaryl/α,β-unsaturated/α-hetero) is 1. The molecular weight excluding hydrogens is 344 g/mol. The van der Waals surface area contributed by atoms with Crippen molar-refractivity contribution >= 4 is 17.7 Å². The fourth-order valence-corrected chi connectivity index (χ4v) is 4.56. The Balaban J connectivity index is 2.08. The monoisotopic (exact) mass is 380 g/mol. The summed E-state index contributed by atoms with van der Waals surface area (Å²) in [6.45, 7) is 10.1. The molecule has 1 heterocycles. The number of imide groups is 1. The summed E-state index contributed by atoms with van der Waals surface area (Å²) in [5, 5.41) is 2.78. The van der Waals surface area contributed by atoms with Gasteiger partial charge in [0.15, 0.2) is 0 Å². The van der Waals surface area contributed by atoms with Gasteiger partial charge in [-0.3, -0.25) is 14.5 Å². The van der Waals surface area contributed by atoms with Gasteiger partial charge in [-0.2, -0.15) is 0 Å². The Hall–Kier alpha value is -1.47. The first-order valence-corrected chi connectivity index (χ1v) is 10.4. The lowest BCUT2D eigenvalue weighted by Gasteiger charge is -2.45. The molecule has 0 bridgehead atoms. The first-order valence-electron chi connectivity index (χ1n) is 10.4. The highest BCUT2D eigenvalue weighted by molar-refractivity contribution is 5.95. The predicted octanol–water partition coefficient (Wildman–Crippen LogP) is 1.58. The van der Waals surface area contributed by atoms with E-state index in [1.807, 2.05) is 14.0 Å². The fraction of sp³-hybridized carbons (Fsp3) is 0.850. The van der Waals surface area contributed by atoms with Gasteiger partial charge in [-0.05, 0) is 45.8 Å². The number of hydrogen-bond donors (Lipinski definition) is 1. The molecule has 0 aromatic rings. The summed E-state index contributed by atoms with van der Waals surface area (Å²) < 4.78 is 0. The van der Waals surface area contributed by atoms with Crippen molar-refractivity contribution in [3.05, 3.63) is 0 Å². The molecule has 3 atom stereocenters. The molecule has 1 N–H and O–H groups in total. The van der Waals surface area contributed by atoms with Crippen molar-refractivity contribution in [2.45, 2.75) is 52.5 Å². The van der Waals surface area contributed by atoms with Crippen molar-refractivity contribution in [2.75, 3.05) is 46.3 Å². The molecule has 1 aliphatic carbocycles. The highest BCUT2D eigenvalue weighted by Gasteiger charge is 2.42. The zero-order chi connectivity index (χ0) is 20.0. The minimum Gasteiger partial charge on any atom is -0.338 e. The highest BCUT2D eigenvalue weighted by Crippen LogP contribution is 2.36. The molecule has 0 radical (unpaired) electrons. The van der Waals surface area contributed by atoms with Crippen LogP contribution in [0.25, 0.3) is 0 Å². The Morgan fingerprint density at radius 1 is 1.19 bits per heavy atom. The van der Waals surface area contributed by atoms with Gasteiger partial charge in [0.05, 0.1) is 5.92 Å². The number of carbonyl (C=O) groups is 3. The first kappa shape index (κ1) is 21.8. The van der Waals surface area contributed by atoms with Gasteiger partial charge in [-0.25, -0.2) is 4.79 Å². The van der Waals surface area contributed by atoms with Crippen LogP contribution in [0.4, 0.5) is 4.79 Å². The number of nitrogens with zero attached hydrogens (tertiary/aromatic N) is 3. The van der Waals surface area contributed by atoms with Crippen molar-refractivity contribution in [1.82, 2.24) is 20.0 Å². The lowest BCUT2D eigenvalue weighted by Crippen LogP contribution is -2.55. The Morgan fingerprint density at radius 2 is 1.89 bits per heavy atom. The summed E-state index contributed by atoms with van der Waals surface area (Å²) in [5.74, 6) is 0.218. The molecule has 1 aliphatic heterocycles. The second-order valence-corrected chi connectivity index (χ2v) is 7.83. The van der Waals surface area contributed by atoms with Crippen LogP contribution in [-0.4, -0.2) is 84.8 Å². The van der Waals surface area contributed by atoms with Gasteiger partial charge in [0.1, 0.15) is 5.78 Å². The summed E-state index contributed by atoms with van der Waals surface area (Å²) in [7, 11) is 2.04. The number of fused-ring (bicyclic) bond motifs is 1. The van der Waals surface area contributed by atoms with Gasteiger partial charge in [0.2, 0.25) is 5.91 Å². The molecule has 0 aromatic heterocycles. The van der Waals surface area contributed by atoms with E-state index >= 15 is 0 Å². The molecule has 2 fully saturated rings. The van der Waals surface area contributed by atoms with Crippen molar-refractivity contribution < 1.29 is 14.4 Å². The lowest BCUT2D eigenvalue weighted by molar-refractivity contribution is -0.138. The first-order chi connectivity index (χ1) is 12.9. The third kappa shape index (κ3) is 5.51. The Bertz CT molecular complexity index is 535. The Morgan fingerprint density at radius 3 is 2.52 bits per heavy atom. The predicted molar refractivity (Wildman–Crippen MR) is 105 cm³/mol. The Labute approximate surface area is 163 Å². The average Bonchev–Trinajstić information content (AvgIpc) is 2.64. The van der Waals surface area contributed by atoms with Gasteiger partial charge < -0.3 is 15.1 Å². The molecule has 0 aromatic carbocycles. The molecular formula is C20H36N4O3. The van der Waals surface area contributed by atoms with E-state index < -0.39 is 0 Å². The number of hydrogen-bond acceptors (Lipinski definition) is 5. The van der Waals surface area contributed by atoms with Crippen LogP contribution in [0.1, 0.15) is 46.5 Å². The topological polar surface area (TPSA) is 73.0 Å². The summed E-state index contributed by atoms with van der Waals surface area (Å²) in [4.78, 5) is 43.5. The van der Waals surface area contributed by atoms with Crippen LogP contribution >= 0.6 is 0 Å². The van der Waals surface area contributed by atoms with E-state index in [1.54, 1.807) is 0 Å². The molecule has 2 aliphatic rings. The largest absolute Gasteiger partial charge is 0.338 e. The maximum atomic E-state index is 13.2. The third-order valence-corrected chi connectivity index (χ3v) is 6.14. The van der Waals surface area contributed by atoms with Gasteiger partial charge in [0, 0.05) is 45.1 Å². The smallest absolute Gasteiger partial charge is 0.324 e.